The highest BCUT2D eigenvalue weighted by Crippen LogP contribution is 2.12. The molecule has 1 atom stereocenters. The fourth-order valence-corrected chi connectivity index (χ4v) is 1.80. The predicted molar refractivity (Wildman–Crippen MR) is 62.5 cm³/mol. The molecular formula is C12H22N2O. The van der Waals surface area contributed by atoms with E-state index in [2.05, 4.69) is 25.8 Å². The van der Waals surface area contributed by atoms with E-state index < -0.39 is 0 Å². The molecule has 0 fully saturated rings. The Hall–Kier alpha value is -0.800. The van der Waals surface area contributed by atoms with Crippen LogP contribution in [0.2, 0.25) is 0 Å². The summed E-state index contributed by atoms with van der Waals surface area (Å²) in [4.78, 5) is 2.30. The first-order valence-corrected chi connectivity index (χ1v) is 5.54. The van der Waals surface area contributed by atoms with Crippen molar-refractivity contribution in [1.29, 1.82) is 0 Å². The highest BCUT2D eigenvalue weighted by Gasteiger charge is 2.14. The smallest absolute Gasteiger partial charge is 0.0947 e. The van der Waals surface area contributed by atoms with E-state index in [0.717, 1.165) is 13.0 Å². The predicted octanol–water partition coefficient (Wildman–Crippen LogP) is 2.08. The molecule has 0 aliphatic carbocycles. The first-order valence-electron chi connectivity index (χ1n) is 5.54. The van der Waals surface area contributed by atoms with Crippen molar-refractivity contribution in [2.75, 3.05) is 13.6 Å². The number of nitrogens with two attached hydrogens (primary N) is 1. The van der Waals surface area contributed by atoms with Gasteiger partial charge in [-0.25, -0.2) is 0 Å². The van der Waals surface area contributed by atoms with Crippen LogP contribution >= 0.6 is 0 Å². The van der Waals surface area contributed by atoms with Gasteiger partial charge in [-0.2, -0.15) is 0 Å². The average molecular weight is 210 g/mol. The minimum atomic E-state index is 0.458. The molecule has 3 heteroatoms. The lowest BCUT2D eigenvalue weighted by Gasteiger charge is -2.27. The average Bonchev–Trinajstić information content (AvgIpc) is 2.66. The van der Waals surface area contributed by atoms with Crippen LogP contribution in [0, 0.1) is 5.92 Å². The summed E-state index contributed by atoms with van der Waals surface area (Å²) in [6.07, 6.45) is 4.65. The third kappa shape index (κ3) is 4.06. The fourth-order valence-electron chi connectivity index (χ4n) is 1.80. The zero-order valence-corrected chi connectivity index (χ0v) is 9.94. The Morgan fingerprint density at radius 1 is 1.47 bits per heavy atom. The number of likely N-dealkylation sites (N-methyl/N-ethyl adjacent to an activating group) is 1. The molecule has 0 saturated heterocycles. The summed E-state index contributed by atoms with van der Waals surface area (Å²) in [6.45, 7) is 6.08. The molecule has 0 spiro atoms. The topological polar surface area (TPSA) is 42.4 Å². The van der Waals surface area contributed by atoms with Crippen molar-refractivity contribution in [2.45, 2.75) is 32.9 Å². The van der Waals surface area contributed by atoms with E-state index in [4.69, 9.17) is 10.2 Å². The molecular weight excluding hydrogens is 188 g/mol. The fraction of sp³-hybridized carbons (Fsp3) is 0.667. The van der Waals surface area contributed by atoms with E-state index in [1.165, 1.54) is 5.56 Å². The van der Waals surface area contributed by atoms with Crippen LogP contribution < -0.4 is 5.73 Å². The molecule has 1 unspecified atom stereocenters. The van der Waals surface area contributed by atoms with E-state index in [-0.39, 0.29) is 0 Å². The van der Waals surface area contributed by atoms with Crippen LogP contribution in [0.5, 0.6) is 0 Å². The molecule has 1 heterocycles. The zero-order chi connectivity index (χ0) is 11.3. The van der Waals surface area contributed by atoms with Crippen molar-refractivity contribution in [1.82, 2.24) is 4.90 Å². The molecule has 1 aromatic heterocycles. The Kier molecular flexibility index (Phi) is 4.85. The maximum atomic E-state index is 5.79. The molecule has 86 valence electrons. The maximum absolute atomic E-state index is 5.79. The Morgan fingerprint density at radius 2 is 2.20 bits per heavy atom. The Morgan fingerprint density at radius 3 is 2.67 bits per heavy atom. The van der Waals surface area contributed by atoms with Gasteiger partial charge in [-0.1, -0.05) is 13.8 Å². The van der Waals surface area contributed by atoms with Crippen molar-refractivity contribution in [3.63, 3.8) is 0 Å². The van der Waals surface area contributed by atoms with Gasteiger partial charge < -0.3 is 10.2 Å². The molecule has 0 amide bonds. The second-order valence-electron chi connectivity index (χ2n) is 4.57. The summed E-state index contributed by atoms with van der Waals surface area (Å²) in [7, 11) is 2.12. The molecule has 0 aromatic carbocycles. The van der Waals surface area contributed by atoms with Crippen molar-refractivity contribution in [3.8, 4) is 0 Å². The first kappa shape index (κ1) is 12.3. The SMILES string of the molecule is CC(C)CC(CN)N(C)Cc1ccoc1. The molecule has 0 bridgehead atoms. The van der Waals surface area contributed by atoms with Crippen LogP contribution in [-0.2, 0) is 6.54 Å². The molecule has 0 aliphatic heterocycles. The van der Waals surface area contributed by atoms with Crippen molar-refractivity contribution < 1.29 is 4.42 Å². The molecule has 1 aromatic rings. The van der Waals surface area contributed by atoms with Crippen molar-refractivity contribution in [3.05, 3.63) is 24.2 Å². The van der Waals surface area contributed by atoms with Crippen molar-refractivity contribution >= 4 is 0 Å². The summed E-state index contributed by atoms with van der Waals surface area (Å²) in [5.74, 6) is 0.686. The van der Waals surface area contributed by atoms with Gasteiger partial charge in [-0.15, -0.1) is 0 Å². The van der Waals surface area contributed by atoms with E-state index in [0.29, 0.717) is 18.5 Å². The van der Waals surface area contributed by atoms with E-state index >= 15 is 0 Å². The molecule has 15 heavy (non-hydrogen) atoms. The van der Waals surface area contributed by atoms with Gasteiger partial charge >= 0.3 is 0 Å². The van der Waals surface area contributed by atoms with Gasteiger partial charge in [-0.05, 0) is 25.5 Å². The Bertz CT molecular complexity index is 257. The highest BCUT2D eigenvalue weighted by atomic mass is 16.3. The lowest BCUT2D eigenvalue weighted by atomic mass is 10.0. The molecule has 0 aliphatic rings. The summed E-state index contributed by atoms with van der Waals surface area (Å²) >= 11 is 0. The third-order valence-corrected chi connectivity index (χ3v) is 2.65. The molecule has 3 nitrogen and oxygen atoms in total. The molecule has 2 N–H and O–H groups in total. The van der Waals surface area contributed by atoms with Gasteiger partial charge in [0.2, 0.25) is 0 Å². The number of furan rings is 1. The Labute approximate surface area is 92.2 Å². The van der Waals surface area contributed by atoms with Gasteiger partial charge in [0.15, 0.2) is 0 Å². The summed E-state index contributed by atoms with van der Waals surface area (Å²) in [6, 6.07) is 2.46. The van der Waals surface area contributed by atoms with Crippen LogP contribution in [-0.4, -0.2) is 24.5 Å². The van der Waals surface area contributed by atoms with Gasteiger partial charge in [0.25, 0.3) is 0 Å². The number of hydrogen-bond donors (Lipinski definition) is 1. The number of nitrogens with zero attached hydrogens (tertiary/aromatic N) is 1. The highest BCUT2D eigenvalue weighted by molar-refractivity contribution is 5.05. The number of hydrogen-bond acceptors (Lipinski definition) is 3. The van der Waals surface area contributed by atoms with E-state index in [1.807, 2.05) is 6.07 Å². The van der Waals surface area contributed by atoms with E-state index in [1.54, 1.807) is 12.5 Å². The Balaban J connectivity index is 2.46. The zero-order valence-electron chi connectivity index (χ0n) is 9.94. The molecule has 1 rings (SSSR count). The number of rotatable bonds is 6. The quantitative estimate of drug-likeness (QED) is 0.781. The second kappa shape index (κ2) is 5.93. The monoisotopic (exact) mass is 210 g/mol. The van der Waals surface area contributed by atoms with Crippen LogP contribution in [0.25, 0.3) is 0 Å². The van der Waals surface area contributed by atoms with E-state index in [9.17, 15) is 0 Å². The standard InChI is InChI=1S/C12H22N2O/c1-10(2)6-12(7-13)14(3)8-11-4-5-15-9-11/h4-5,9-10,12H,6-8,13H2,1-3H3. The lowest BCUT2D eigenvalue weighted by Crippen LogP contribution is -2.38. The van der Waals surface area contributed by atoms with Gasteiger partial charge in [0.05, 0.1) is 12.5 Å². The van der Waals surface area contributed by atoms with Crippen LogP contribution in [0.15, 0.2) is 23.0 Å². The van der Waals surface area contributed by atoms with Gasteiger partial charge in [0.1, 0.15) is 0 Å². The normalized spacial score (nSPS) is 13.7. The first-order chi connectivity index (χ1) is 7.13. The molecule has 0 saturated carbocycles. The molecule has 0 radical (unpaired) electrons. The third-order valence-electron chi connectivity index (χ3n) is 2.65. The van der Waals surface area contributed by atoms with Gasteiger partial charge in [0, 0.05) is 24.7 Å². The van der Waals surface area contributed by atoms with Gasteiger partial charge in [-0.3, -0.25) is 4.90 Å². The summed E-state index contributed by atoms with van der Waals surface area (Å²) < 4.78 is 5.05. The summed E-state index contributed by atoms with van der Waals surface area (Å²) in [5, 5.41) is 0. The minimum absolute atomic E-state index is 0.458. The second-order valence-corrected chi connectivity index (χ2v) is 4.57. The van der Waals surface area contributed by atoms with Crippen LogP contribution in [0.1, 0.15) is 25.8 Å². The van der Waals surface area contributed by atoms with Crippen molar-refractivity contribution in [2.24, 2.45) is 11.7 Å². The summed E-state index contributed by atoms with van der Waals surface area (Å²) in [5.41, 5.74) is 6.99. The van der Waals surface area contributed by atoms with Crippen LogP contribution in [0.4, 0.5) is 0 Å². The van der Waals surface area contributed by atoms with Crippen LogP contribution in [0.3, 0.4) is 0 Å². The largest absolute Gasteiger partial charge is 0.472 e. The lowest BCUT2D eigenvalue weighted by molar-refractivity contribution is 0.210. The minimum Gasteiger partial charge on any atom is -0.472 e. The maximum Gasteiger partial charge on any atom is 0.0947 e.